The molecule has 96 valence electrons. The fourth-order valence-corrected chi connectivity index (χ4v) is 3.20. The summed E-state index contributed by atoms with van der Waals surface area (Å²) in [5.74, 6) is -0.131. The van der Waals surface area contributed by atoms with Gasteiger partial charge in [0.05, 0.1) is 23.7 Å². The van der Waals surface area contributed by atoms with Gasteiger partial charge in [0.2, 0.25) is 0 Å². The standard InChI is InChI=1S/C12H15N3O2S/c1-8-9(7-13)12(15-3-5-17-6-4-15)18-10(8)11(16)14-2/h3-6H2,1-2H3,(H,14,16). The summed E-state index contributed by atoms with van der Waals surface area (Å²) in [6.07, 6.45) is 0. The van der Waals surface area contributed by atoms with E-state index in [2.05, 4.69) is 16.3 Å². The van der Waals surface area contributed by atoms with E-state index in [9.17, 15) is 10.1 Å². The van der Waals surface area contributed by atoms with Gasteiger partial charge >= 0.3 is 0 Å². The molecule has 1 aromatic heterocycles. The minimum absolute atomic E-state index is 0.131. The van der Waals surface area contributed by atoms with E-state index in [1.165, 1.54) is 11.3 Å². The van der Waals surface area contributed by atoms with Crippen molar-refractivity contribution in [3.05, 3.63) is 16.0 Å². The van der Waals surface area contributed by atoms with E-state index in [0.29, 0.717) is 23.7 Å². The highest BCUT2D eigenvalue weighted by molar-refractivity contribution is 7.18. The molecule has 1 amide bonds. The van der Waals surface area contributed by atoms with Gasteiger partial charge in [0.25, 0.3) is 5.91 Å². The van der Waals surface area contributed by atoms with Crippen LogP contribution >= 0.6 is 11.3 Å². The van der Waals surface area contributed by atoms with Crippen molar-refractivity contribution >= 4 is 22.2 Å². The van der Waals surface area contributed by atoms with Crippen LogP contribution < -0.4 is 10.2 Å². The molecule has 5 nitrogen and oxygen atoms in total. The van der Waals surface area contributed by atoms with Crippen molar-refractivity contribution in [1.82, 2.24) is 5.32 Å². The zero-order chi connectivity index (χ0) is 13.1. The quantitative estimate of drug-likeness (QED) is 0.870. The van der Waals surface area contributed by atoms with Gasteiger partial charge in [0.1, 0.15) is 11.1 Å². The number of morpholine rings is 1. The van der Waals surface area contributed by atoms with Gasteiger partial charge in [-0.3, -0.25) is 4.79 Å². The number of amides is 1. The first-order chi connectivity index (χ1) is 8.69. The van der Waals surface area contributed by atoms with E-state index in [0.717, 1.165) is 23.7 Å². The molecule has 6 heteroatoms. The Labute approximate surface area is 110 Å². The molecule has 1 saturated heterocycles. The van der Waals surface area contributed by atoms with Crippen LogP contribution in [0.25, 0.3) is 0 Å². The Kier molecular flexibility index (Phi) is 3.84. The average Bonchev–Trinajstić information content (AvgIpc) is 2.76. The Bertz CT molecular complexity index is 498. The molecular formula is C12H15N3O2S. The maximum absolute atomic E-state index is 11.7. The van der Waals surface area contributed by atoms with Crippen molar-refractivity contribution in [2.75, 3.05) is 38.3 Å². The van der Waals surface area contributed by atoms with Crippen molar-refractivity contribution < 1.29 is 9.53 Å². The molecule has 1 aliphatic heterocycles. The Morgan fingerprint density at radius 2 is 2.17 bits per heavy atom. The van der Waals surface area contributed by atoms with Crippen LogP contribution in [-0.2, 0) is 4.74 Å². The number of hydrogen-bond acceptors (Lipinski definition) is 5. The smallest absolute Gasteiger partial charge is 0.261 e. The molecule has 1 N–H and O–H groups in total. The third kappa shape index (κ3) is 2.19. The van der Waals surface area contributed by atoms with Gasteiger partial charge < -0.3 is 15.0 Å². The van der Waals surface area contributed by atoms with E-state index in [1.807, 2.05) is 6.92 Å². The molecule has 0 aliphatic carbocycles. The molecule has 0 spiro atoms. The highest BCUT2D eigenvalue weighted by Gasteiger charge is 2.24. The van der Waals surface area contributed by atoms with Crippen LogP contribution in [0.15, 0.2) is 0 Å². The highest BCUT2D eigenvalue weighted by atomic mass is 32.1. The molecule has 0 saturated carbocycles. The number of nitriles is 1. The van der Waals surface area contributed by atoms with Crippen LogP contribution in [-0.4, -0.2) is 39.3 Å². The summed E-state index contributed by atoms with van der Waals surface area (Å²) in [6.45, 7) is 4.68. The van der Waals surface area contributed by atoms with Crippen molar-refractivity contribution in [2.45, 2.75) is 6.92 Å². The van der Waals surface area contributed by atoms with Crippen molar-refractivity contribution in [2.24, 2.45) is 0 Å². The van der Waals surface area contributed by atoms with Crippen LogP contribution in [0.4, 0.5) is 5.00 Å². The average molecular weight is 265 g/mol. The summed E-state index contributed by atoms with van der Waals surface area (Å²) in [6, 6.07) is 2.21. The number of ether oxygens (including phenoxy) is 1. The fourth-order valence-electron chi connectivity index (χ4n) is 1.95. The molecule has 18 heavy (non-hydrogen) atoms. The number of carbonyl (C=O) groups excluding carboxylic acids is 1. The number of thiophene rings is 1. The molecular weight excluding hydrogens is 250 g/mol. The van der Waals surface area contributed by atoms with Crippen LogP contribution in [0.2, 0.25) is 0 Å². The molecule has 2 heterocycles. The second-order valence-corrected chi connectivity index (χ2v) is 5.03. The molecule has 1 aliphatic rings. The minimum Gasteiger partial charge on any atom is -0.378 e. The van der Waals surface area contributed by atoms with Crippen LogP contribution in [0, 0.1) is 18.3 Å². The Morgan fingerprint density at radius 3 is 2.72 bits per heavy atom. The Balaban J connectivity index is 2.40. The maximum atomic E-state index is 11.7. The van der Waals surface area contributed by atoms with E-state index >= 15 is 0 Å². The van der Waals surface area contributed by atoms with Crippen LogP contribution in [0.5, 0.6) is 0 Å². The summed E-state index contributed by atoms with van der Waals surface area (Å²) in [7, 11) is 1.60. The monoisotopic (exact) mass is 265 g/mol. The number of hydrogen-bond donors (Lipinski definition) is 1. The lowest BCUT2D eigenvalue weighted by Gasteiger charge is -2.27. The lowest BCUT2D eigenvalue weighted by atomic mass is 10.1. The minimum atomic E-state index is -0.131. The largest absolute Gasteiger partial charge is 0.378 e. The highest BCUT2D eigenvalue weighted by Crippen LogP contribution is 2.35. The molecule has 0 radical (unpaired) electrons. The number of anilines is 1. The van der Waals surface area contributed by atoms with Gasteiger partial charge in [-0.25, -0.2) is 0 Å². The van der Waals surface area contributed by atoms with Crippen molar-refractivity contribution in [1.29, 1.82) is 5.26 Å². The second-order valence-electron chi connectivity index (χ2n) is 4.03. The lowest BCUT2D eigenvalue weighted by Crippen LogP contribution is -2.36. The van der Waals surface area contributed by atoms with Gasteiger partial charge in [-0.15, -0.1) is 11.3 Å². The van der Waals surface area contributed by atoms with Crippen LogP contribution in [0.3, 0.4) is 0 Å². The molecule has 1 aromatic rings. The zero-order valence-electron chi connectivity index (χ0n) is 10.4. The van der Waals surface area contributed by atoms with E-state index in [4.69, 9.17) is 4.74 Å². The van der Waals surface area contributed by atoms with Crippen LogP contribution in [0.1, 0.15) is 20.8 Å². The van der Waals surface area contributed by atoms with Gasteiger partial charge in [-0.1, -0.05) is 0 Å². The first-order valence-electron chi connectivity index (χ1n) is 5.77. The summed E-state index contributed by atoms with van der Waals surface area (Å²) >= 11 is 1.39. The van der Waals surface area contributed by atoms with E-state index in [-0.39, 0.29) is 5.91 Å². The summed E-state index contributed by atoms with van der Waals surface area (Å²) in [5.41, 5.74) is 1.38. The zero-order valence-corrected chi connectivity index (χ0v) is 11.3. The first-order valence-corrected chi connectivity index (χ1v) is 6.59. The summed E-state index contributed by atoms with van der Waals surface area (Å²) in [5, 5.41) is 12.8. The Morgan fingerprint density at radius 1 is 1.50 bits per heavy atom. The molecule has 0 aromatic carbocycles. The third-order valence-electron chi connectivity index (χ3n) is 2.97. The topological polar surface area (TPSA) is 65.4 Å². The van der Waals surface area contributed by atoms with Gasteiger partial charge in [0.15, 0.2) is 0 Å². The predicted octanol–water partition coefficient (Wildman–Crippen LogP) is 1.12. The molecule has 0 unspecified atom stereocenters. The van der Waals surface area contributed by atoms with E-state index in [1.54, 1.807) is 7.05 Å². The SMILES string of the molecule is CNC(=O)c1sc(N2CCOCC2)c(C#N)c1C. The summed E-state index contributed by atoms with van der Waals surface area (Å²) < 4.78 is 5.30. The number of nitrogens with one attached hydrogen (secondary N) is 1. The van der Waals surface area contributed by atoms with Crippen molar-refractivity contribution in [3.8, 4) is 6.07 Å². The van der Waals surface area contributed by atoms with Gasteiger partial charge in [0, 0.05) is 20.1 Å². The van der Waals surface area contributed by atoms with E-state index < -0.39 is 0 Å². The molecule has 1 fully saturated rings. The fraction of sp³-hybridized carbons (Fsp3) is 0.500. The lowest BCUT2D eigenvalue weighted by molar-refractivity contribution is 0.0966. The van der Waals surface area contributed by atoms with Gasteiger partial charge in [-0.2, -0.15) is 5.26 Å². The first kappa shape index (κ1) is 12.9. The molecule has 0 bridgehead atoms. The number of rotatable bonds is 2. The number of carbonyl (C=O) groups is 1. The van der Waals surface area contributed by atoms with Crippen molar-refractivity contribution in [3.63, 3.8) is 0 Å². The molecule has 0 atom stereocenters. The Hall–Kier alpha value is -1.58. The maximum Gasteiger partial charge on any atom is 0.261 e. The number of nitrogens with zero attached hydrogens (tertiary/aromatic N) is 2. The molecule has 2 rings (SSSR count). The van der Waals surface area contributed by atoms with Gasteiger partial charge in [-0.05, 0) is 12.5 Å². The normalized spacial score (nSPS) is 15.3. The second kappa shape index (κ2) is 5.38. The predicted molar refractivity (Wildman–Crippen MR) is 70.2 cm³/mol. The third-order valence-corrected chi connectivity index (χ3v) is 4.32. The summed E-state index contributed by atoms with van der Waals surface area (Å²) in [4.78, 5) is 14.5.